The molecule has 0 unspecified atom stereocenters. The third kappa shape index (κ3) is 4.20. The largest absolute Gasteiger partial charge is 0.358 e. The molecule has 1 aromatic heterocycles. The molecule has 0 saturated heterocycles. The summed E-state index contributed by atoms with van der Waals surface area (Å²) in [5.74, 6) is -0.781. The molecule has 6 nitrogen and oxygen atoms in total. The van der Waals surface area contributed by atoms with Gasteiger partial charge in [0.15, 0.2) is 5.13 Å². The molecule has 1 aromatic carbocycles. The molecule has 0 aliphatic rings. The Labute approximate surface area is 125 Å². The fourth-order valence-corrected chi connectivity index (χ4v) is 2.64. The summed E-state index contributed by atoms with van der Waals surface area (Å²) >= 11 is 1.20. The van der Waals surface area contributed by atoms with Crippen LogP contribution in [0, 0.1) is 5.82 Å². The normalized spacial score (nSPS) is 10.9. The van der Waals surface area contributed by atoms with Crippen LogP contribution >= 0.6 is 11.3 Å². The van der Waals surface area contributed by atoms with E-state index < -0.39 is 0 Å². The van der Waals surface area contributed by atoms with E-state index in [0.29, 0.717) is 15.3 Å². The van der Waals surface area contributed by atoms with Gasteiger partial charge in [-0.2, -0.15) is 0 Å². The fraction of sp³-hybridized carbons (Fsp3) is 0.308. The number of thiazole rings is 1. The first-order valence-electron chi connectivity index (χ1n) is 6.23. The second-order valence-corrected chi connectivity index (χ2v) is 5.56. The van der Waals surface area contributed by atoms with E-state index in [0.717, 1.165) is 0 Å². The molecule has 1 heterocycles. The Balaban J connectivity index is 1.96. The van der Waals surface area contributed by atoms with E-state index in [1.54, 1.807) is 18.0 Å². The molecule has 0 atom stereocenters. The van der Waals surface area contributed by atoms with Crippen LogP contribution in [0.25, 0.3) is 10.2 Å². The van der Waals surface area contributed by atoms with E-state index in [9.17, 15) is 14.0 Å². The van der Waals surface area contributed by atoms with Gasteiger partial charge in [-0.25, -0.2) is 9.37 Å². The van der Waals surface area contributed by atoms with Crippen molar-refractivity contribution in [3.8, 4) is 0 Å². The van der Waals surface area contributed by atoms with E-state index >= 15 is 0 Å². The Morgan fingerprint density at radius 3 is 2.76 bits per heavy atom. The van der Waals surface area contributed by atoms with Crippen molar-refractivity contribution >= 4 is 38.5 Å². The Hall–Kier alpha value is -2.06. The lowest BCUT2D eigenvalue weighted by Crippen LogP contribution is -2.37. The highest BCUT2D eigenvalue weighted by atomic mass is 32.1. The molecule has 2 aromatic rings. The summed E-state index contributed by atoms with van der Waals surface area (Å²) < 4.78 is 13.8. The van der Waals surface area contributed by atoms with Gasteiger partial charge in [0, 0.05) is 7.05 Å². The van der Waals surface area contributed by atoms with Crippen molar-refractivity contribution in [3.05, 3.63) is 24.0 Å². The van der Waals surface area contributed by atoms with Crippen LogP contribution in [0.2, 0.25) is 0 Å². The van der Waals surface area contributed by atoms with Crippen LogP contribution in [0.5, 0.6) is 0 Å². The zero-order chi connectivity index (χ0) is 15.4. The number of carbonyl (C=O) groups is 2. The molecule has 2 N–H and O–H groups in total. The number of carbonyl (C=O) groups excluding carboxylic acids is 2. The van der Waals surface area contributed by atoms with Crippen molar-refractivity contribution in [3.63, 3.8) is 0 Å². The quantitative estimate of drug-likeness (QED) is 0.866. The van der Waals surface area contributed by atoms with Gasteiger partial charge < -0.3 is 10.6 Å². The van der Waals surface area contributed by atoms with Crippen molar-refractivity contribution in [1.29, 1.82) is 0 Å². The highest BCUT2D eigenvalue weighted by Crippen LogP contribution is 2.26. The third-order valence-electron chi connectivity index (χ3n) is 2.70. The topological polar surface area (TPSA) is 74.3 Å². The molecule has 0 aliphatic heterocycles. The number of anilines is 1. The molecule has 0 spiro atoms. The van der Waals surface area contributed by atoms with E-state index in [4.69, 9.17) is 0 Å². The van der Waals surface area contributed by atoms with Crippen LogP contribution in [-0.4, -0.2) is 48.9 Å². The lowest BCUT2D eigenvalue weighted by atomic mass is 10.3. The number of halogens is 1. The number of hydrogen-bond donors (Lipinski definition) is 2. The van der Waals surface area contributed by atoms with Gasteiger partial charge in [-0.3, -0.25) is 14.5 Å². The minimum absolute atomic E-state index is 0.0672. The van der Waals surface area contributed by atoms with Crippen molar-refractivity contribution in [2.24, 2.45) is 0 Å². The second-order valence-electron chi connectivity index (χ2n) is 4.52. The summed E-state index contributed by atoms with van der Waals surface area (Å²) in [6.07, 6.45) is 0. The fourth-order valence-electron chi connectivity index (χ4n) is 1.74. The lowest BCUT2D eigenvalue weighted by molar-refractivity contribution is -0.122. The van der Waals surface area contributed by atoms with Crippen LogP contribution in [0.4, 0.5) is 9.52 Å². The molecule has 0 saturated carbocycles. The van der Waals surface area contributed by atoms with Crippen LogP contribution in [0.1, 0.15) is 0 Å². The molecular weight excluding hydrogens is 295 g/mol. The van der Waals surface area contributed by atoms with Crippen LogP contribution in [0.3, 0.4) is 0 Å². The number of nitrogens with one attached hydrogen (secondary N) is 2. The highest BCUT2D eigenvalue weighted by Gasteiger charge is 2.12. The molecule has 0 bridgehead atoms. The van der Waals surface area contributed by atoms with Gasteiger partial charge >= 0.3 is 0 Å². The van der Waals surface area contributed by atoms with Crippen molar-refractivity contribution in [2.45, 2.75) is 0 Å². The minimum Gasteiger partial charge on any atom is -0.358 e. The summed E-state index contributed by atoms with van der Waals surface area (Å²) in [7, 11) is 3.21. The van der Waals surface area contributed by atoms with Crippen molar-refractivity contribution in [2.75, 3.05) is 32.5 Å². The van der Waals surface area contributed by atoms with Gasteiger partial charge in [0.1, 0.15) is 5.82 Å². The van der Waals surface area contributed by atoms with Gasteiger partial charge in [-0.05, 0) is 25.2 Å². The maximum absolute atomic E-state index is 13.1. The van der Waals surface area contributed by atoms with Crippen LogP contribution < -0.4 is 10.6 Å². The standard InChI is InChI=1S/C13H15FN4O2S/c1-15-11(19)6-18(2)7-12(20)17-13-16-9-4-3-8(14)5-10(9)21-13/h3-5H,6-7H2,1-2H3,(H,15,19)(H,16,17,20). The Morgan fingerprint density at radius 2 is 2.05 bits per heavy atom. The summed E-state index contributed by atoms with van der Waals surface area (Å²) in [6.45, 7) is 0.201. The van der Waals surface area contributed by atoms with Gasteiger partial charge in [-0.1, -0.05) is 11.3 Å². The molecule has 0 radical (unpaired) electrons. The lowest BCUT2D eigenvalue weighted by Gasteiger charge is -2.14. The Bertz CT molecular complexity index is 673. The summed E-state index contributed by atoms with van der Waals surface area (Å²) in [5, 5.41) is 5.54. The maximum Gasteiger partial charge on any atom is 0.240 e. The smallest absolute Gasteiger partial charge is 0.240 e. The minimum atomic E-state index is -0.339. The number of amides is 2. The summed E-state index contributed by atoms with van der Waals surface area (Å²) in [5.41, 5.74) is 0.635. The molecule has 2 amide bonds. The number of hydrogen-bond acceptors (Lipinski definition) is 5. The number of nitrogens with zero attached hydrogens (tertiary/aromatic N) is 2. The Kier molecular flexibility index (Phi) is 4.81. The molecule has 112 valence electrons. The molecule has 0 aliphatic carbocycles. The zero-order valence-corrected chi connectivity index (χ0v) is 12.5. The van der Waals surface area contributed by atoms with Crippen molar-refractivity contribution in [1.82, 2.24) is 15.2 Å². The first kappa shape index (κ1) is 15.3. The van der Waals surface area contributed by atoms with Crippen LogP contribution in [0.15, 0.2) is 18.2 Å². The van der Waals surface area contributed by atoms with E-state index in [1.165, 1.54) is 30.5 Å². The Morgan fingerprint density at radius 1 is 1.33 bits per heavy atom. The van der Waals surface area contributed by atoms with E-state index in [1.807, 2.05) is 0 Å². The maximum atomic E-state index is 13.1. The number of benzene rings is 1. The SMILES string of the molecule is CNC(=O)CN(C)CC(=O)Nc1nc2ccc(F)cc2s1. The molecule has 2 rings (SSSR count). The predicted molar refractivity (Wildman–Crippen MR) is 79.8 cm³/mol. The van der Waals surface area contributed by atoms with Gasteiger partial charge in [-0.15, -0.1) is 0 Å². The number of aromatic nitrogens is 1. The first-order chi connectivity index (χ1) is 9.97. The second kappa shape index (κ2) is 6.59. The molecule has 8 heteroatoms. The monoisotopic (exact) mass is 310 g/mol. The number of fused-ring (bicyclic) bond motifs is 1. The van der Waals surface area contributed by atoms with E-state index in [2.05, 4.69) is 15.6 Å². The number of likely N-dealkylation sites (N-methyl/N-ethyl adjacent to an activating group) is 2. The first-order valence-corrected chi connectivity index (χ1v) is 7.04. The highest BCUT2D eigenvalue weighted by molar-refractivity contribution is 7.22. The van der Waals surface area contributed by atoms with Crippen LogP contribution in [-0.2, 0) is 9.59 Å². The van der Waals surface area contributed by atoms with Gasteiger partial charge in [0.05, 0.1) is 23.3 Å². The zero-order valence-electron chi connectivity index (χ0n) is 11.6. The van der Waals surface area contributed by atoms with Gasteiger partial charge in [0.25, 0.3) is 0 Å². The summed E-state index contributed by atoms with van der Waals surface area (Å²) in [6, 6.07) is 4.26. The summed E-state index contributed by atoms with van der Waals surface area (Å²) in [4.78, 5) is 28.8. The predicted octanol–water partition coefficient (Wildman–Crippen LogP) is 1.05. The average Bonchev–Trinajstić information content (AvgIpc) is 2.79. The molecular formula is C13H15FN4O2S. The molecule has 0 fully saturated rings. The van der Waals surface area contributed by atoms with Crippen molar-refractivity contribution < 1.29 is 14.0 Å². The average molecular weight is 310 g/mol. The molecule has 21 heavy (non-hydrogen) atoms. The number of rotatable bonds is 5. The van der Waals surface area contributed by atoms with E-state index in [-0.39, 0.29) is 30.7 Å². The van der Waals surface area contributed by atoms with Gasteiger partial charge in [0.2, 0.25) is 11.8 Å². The third-order valence-corrected chi connectivity index (χ3v) is 3.64.